The summed E-state index contributed by atoms with van der Waals surface area (Å²) in [6.45, 7) is 7.45. The molecule has 0 atom stereocenters. The van der Waals surface area contributed by atoms with E-state index in [1.54, 1.807) is 12.5 Å². The van der Waals surface area contributed by atoms with E-state index in [4.69, 9.17) is 0 Å². The number of rotatable bonds is 8. The van der Waals surface area contributed by atoms with Gasteiger partial charge in [0.25, 0.3) is 5.91 Å². The summed E-state index contributed by atoms with van der Waals surface area (Å²) in [5.74, 6) is -0.0545. The average Bonchev–Trinajstić information content (AvgIpc) is 3.21. The maximum Gasteiger partial charge on any atom is 0.251 e. The molecule has 1 aromatic heterocycles. The molecule has 1 heterocycles. The van der Waals surface area contributed by atoms with Crippen molar-refractivity contribution >= 4 is 11.6 Å². The van der Waals surface area contributed by atoms with E-state index in [-0.39, 0.29) is 5.91 Å². The molecule has 0 spiro atoms. The van der Waals surface area contributed by atoms with Crippen LogP contribution >= 0.6 is 0 Å². The quantitative estimate of drug-likeness (QED) is 0.665. The number of carbonyl (C=O) groups is 1. The molecule has 3 rings (SSSR count). The van der Waals surface area contributed by atoms with Crippen LogP contribution in [0.2, 0.25) is 0 Å². The molecule has 3 aromatic rings. The Bertz CT molecular complexity index is 852. The Morgan fingerprint density at radius 2 is 1.81 bits per heavy atom. The summed E-state index contributed by atoms with van der Waals surface area (Å²) in [6.07, 6.45) is 5.52. The maximum atomic E-state index is 12.4. The highest BCUT2D eigenvalue weighted by atomic mass is 16.1. The second-order valence-corrected chi connectivity index (χ2v) is 6.46. The minimum atomic E-state index is -0.0545. The van der Waals surface area contributed by atoms with Crippen LogP contribution in [0.25, 0.3) is 0 Å². The second kappa shape index (κ2) is 9.03. The van der Waals surface area contributed by atoms with E-state index >= 15 is 0 Å². The number of carbonyl (C=O) groups excluding carboxylic acids is 1. The van der Waals surface area contributed by atoms with Gasteiger partial charge in [-0.05, 0) is 49.2 Å². The van der Waals surface area contributed by atoms with Gasteiger partial charge in [0.05, 0.1) is 6.33 Å². The molecule has 1 amide bonds. The monoisotopic (exact) mass is 362 g/mol. The number of amides is 1. The summed E-state index contributed by atoms with van der Waals surface area (Å²) in [4.78, 5) is 18.8. The Morgan fingerprint density at radius 1 is 1.07 bits per heavy atom. The van der Waals surface area contributed by atoms with E-state index in [1.165, 1.54) is 5.56 Å². The van der Waals surface area contributed by atoms with Crippen LogP contribution in [0.5, 0.6) is 0 Å². The zero-order chi connectivity index (χ0) is 19.1. The molecule has 5 heteroatoms. The van der Waals surface area contributed by atoms with Gasteiger partial charge in [-0.3, -0.25) is 4.79 Å². The predicted octanol–water partition coefficient (Wildman–Crippen LogP) is 3.71. The van der Waals surface area contributed by atoms with Gasteiger partial charge in [0.2, 0.25) is 0 Å². The Morgan fingerprint density at radius 3 is 2.48 bits per heavy atom. The van der Waals surface area contributed by atoms with E-state index in [2.05, 4.69) is 41.2 Å². The molecule has 140 valence electrons. The lowest BCUT2D eigenvalue weighted by atomic mass is 10.1. The standard InChI is InChI=1S/C22H26N4O/c1-3-26(4-2)21-10-8-20(9-11-21)22(27)24-15-18-6-5-7-19(14-18)16-25-13-12-23-17-25/h5-14,17H,3-4,15-16H2,1-2H3,(H,24,27). The Labute approximate surface area is 160 Å². The Hall–Kier alpha value is -3.08. The van der Waals surface area contributed by atoms with E-state index < -0.39 is 0 Å². The molecule has 0 saturated carbocycles. The summed E-state index contributed by atoms with van der Waals surface area (Å²) in [5, 5.41) is 3.01. The number of nitrogens with one attached hydrogen (secondary N) is 1. The normalized spacial score (nSPS) is 10.6. The van der Waals surface area contributed by atoms with Crippen LogP contribution in [0.3, 0.4) is 0 Å². The predicted molar refractivity (Wildman–Crippen MR) is 109 cm³/mol. The molecule has 2 aromatic carbocycles. The van der Waals surface area contributed by atoms with E-state index in [1.807, 2.05) is 47.2 Å². The molecule has 5 nitrogen and oxygen atoms in total. The first-order valence-electron chi connectivity index (χ1n) is 9.36. The van der Waals surface area contributed by atoms with E-state index in [0.29, 0.717) is 12.1 Å². The van der Waals surface area contributed by atoms with Crippen molar-refractivity contribution in [3.05, 3.63) is 83.9 Å². The lowest BCUT2D eigenvalue weighted by Crippen LogP contribution is -2.24. The van der Waals surface area contributed by atoms with Crippen molar-refractivity contribution in [2.45, 2.75) is 26.9 Å². The van der Waals surface area contributed by atoms with Gasteiger partial charge in [-0.2, -0.15) is 0 Å². The third-order valence-corrected chi connectivity index (χ3v) is 4.63. The van der Waals surface area contributed by atoms with Crippen LogP contribution in [0.15, 0.2) is 67.3 Å². The molecule has 1 N–H and O–H groups in total. The fourth-order valence-corrected chi connectivity index (χ4v) is 3.13. The number of hydrogen-bond acceptors (Lipinski definition) is 3. The highest BCUT2D eigenvalue weighted by Gasteiger charge is 2.07. The molecule has 0 bridgehead atoms. The average molecular weight is 362 g/mol. The van der Waals surface area contributed by atoms with Crippen LogP contribution in [0.1, 0.15) is 35.3 Å². The van der Waals surface area contributed by atoms with Gasteiger partial charge in [0, 0.05) is 49.8 Å². The number of imidazole rings is 1. The van der Waals surface area contributed by atoms with Gasteiger partial charge in [-0.15, -0.1) is 0 Å². The van der Waals surface area contributed by atoms with Gasteiger partial charge < -0.3 is 14.8 Å². The van der Waals surface area contributed by atoms with Gasteiger partial charge >= 0.3 is 0 Å². The SMILES string of the molecule is CCN(CC)c1ccc(C(=O)NCc2cccc(Cn3ccnc3)c2)cc1. The number of benzene rings is 2. The third kappa shape index (κ3) is 4.97. The van der Waals surface area contributed by atoms with Crippen molar-refractivity contribution in [2.75, 3.05) is 18.0 Å². The fraction of sp³-hybridized carbons (Fsp3) is 0.273. The zero-order valence-corrected chi connectivity index (χ0v) is 15.9. The molecular formula is C22H26N4O. The number of aromatic nitrogens is 2. The second-order valence-electron chi connectivity index (χ2n) is 6.46. The van der Waals surface area contributed by atoms with Gasteiger partial charge in [-0.25, -0.2) is 4.98 Å². The van der Waals surface area contributed by atoms with E-state index in [9.17, 15) is 4.79 Å². The van der Waals surface area contributed by atoms with Crippen molar-refractivity contribution in [2.24, 2.45) is 0 Å². The smallest absolute Gasteiger partial charge is 0.251 e. The molecular weight excluding hydrogens is 336 g/mol. The zero-order valence-electron chi connectivity index (χ0n) is 15.9. The highest BCUT2D eigenvalue weighted by Crippen LogP contribution is 2.15. The van der Waals surface area contributed by atoms with Gasteiger partial charge in [-0.1, -0.05) is 24.3 Å². The summed E-state index contributed by atoms with van der Waals surface area (Å²) in [6, 6.07) is 16.0. The summed E-state index contributed by atoms with van der Waals surface area (Å²) in [5.41, 5.74) is 4.09. The van der Waals surface area contributed by atoms with Crippen LogP contribution < -0.4 is 10.2 Å². The minimum Gasteiger partial charge on any atom is -0.372 e. The molecule has 0 saturated heterocycles. The lowest BCUT2D eigenvalue weighted by molar-refractivity contribution is 0.0951. The van der Waals surface area contributed by atoms with Gasteiger partial charge in [0.1, 0.15) is 0 Å². The highest BCUT2D eigenvalue weighted by molar-refractivity contribution is 5.94. The van der Waals surface area contributed by atoms with Crippen molar-refractivity contribution in [3.8, 4) is 0 Å². The van der Waals surface area contributed by atoms with Gasteiger partial charge in [0.15, 0.2) is 0 Å². The van der Waals surface area contributed by atoms with Crippen LogP contribution in [-0.2, 0) is 13.1 Å². The first kappa shape index (κ1) is 18.7. The Kier molecular flexibility index (Phi) is 6.26. The van der Waals surface area contributed by atoms with Crippen molar-refractivity contribution < 1.29 is 4.79 Å². The Balaban J connectivity index is 1.59. The number of nitrogens with zero attached hydrogens (tertiary/aromatic N) is 3. The molecule has 0 unspecified atom stereocenters. The molecule has 0 radical (unpaired) electrons. The minimum absolute atomic E-state index is 0.0545. The van der Waals surface area contributed by atoms with Crippen LogP contribution in [-0.4, -0.2) is 28.5 Å². The fourth-order valence-electron chi connectivity index (χ4n) is 3.13. The summed E-state index contributed by atoms with van der Waals surface area (Å²) in [7, 11) is 0. The first-order chi connectivity index (χ1) is 13.2. The number of hydrogen-bond donors (Lipinski definition) is 1. The maximum absolute atomic E-state index is 12.4. The largest absolute Gasteiger partial charge is 0.372 e. The van der Waals surface area contributed by atoms with Crippen LogP contribution in [0, 0.1) is 0 Å². The molecule has 0 aliphatic rings. The lowest BCUT2D eigenvalue weighted by Gasteiger charge is -2.21. The summed E-state index contributed by atoms with van der Waals surface area (Å²) >= 11 is 0. The third-order valence-electron chi connectivity index (χ3n) is 4.63. The molecule has 27 heavy (non-hydrogen) atoms. The van der Waals surface area contributed by atoms with Crippen LogP contribution in [0.4, 0.5) is 5.69 Å². The van der Waals surface area contributed by atoms with Crippen molar-refractivity contribution in [3.63, 3.8) is 0 Å². The first-order valence-corrected chi connectivity index (χ1v) is 9.36. The van der Waals surface area contributed by atoms with Crippen molar-refractivity contribution in [1.29, 1.82) is 0 Å². The topological polar surface area (TPSA) is 50.2 Å². The summed E-state index contributed by atoms with van der Waals surface area (Å²) < 4.78 is 2.02. The molecule has 0 aliphatic carbocycles. The number of anilines is 1. The molecule has 0 aliphatic heterocycles. The van der Waals surface area contributed by atoms with Crippen molar-refractivity contribution in [1.82, 2.24) is 14.9 Å². The van der Waals surface area contributed by atoms with E-state index in [0.717, 1.165) is 30.9 Å². The molecule has 0 fully saturated rings.